The Morgan fingerprint density at radius 2 is 1.40 bits per heavy atom. The molecule has 8 nitrogen and oxygen atoms in total. The van der Waals surface area contributed by atoms with E-state index in [0.29, 0.717) is 32.5 Å². The second kappa shape index (κ2) is 19.5. The monoisotopic (exact) mass is 606 g/mol. The van der Waals surface area contributed by atoms with Crippen LogP contribution in [0.3, 0.4) is 0 Å². The van der Waals surface area contributed by atoms with E-state index in [4.69, 9.17) is 23.7 Å². The third-order valence-corrected chi connectivity index (χ3v) is 9.95. The van der Waals surface area contributed by atoms with Gasteiger partial charge in [0, 0.05) is 19.8 Å². The highest BCUT2D eigenvalue weighted by Gasteiger charge is 2.39. The number of methoxy groups -OCH3 is 1. The maximum absolute atomic E-state index is 13.0. The van der Waals surface area contributed by atoms with Gasteiger partial charge in [-0.05, 0) is 108 Å². The normalized spacial score (nSPS) is 30.2. The summed E-state index contributed by atoms with van der Waals surface area (Å²) in [5, 5.41) is 0. The fraction of sp³-hybridized carbons (Fsp3) is 0.857. The zero-order valence-electron chi connectivity index (χ0n) is 27.1. The van der Waals surface area contributed by atoms with Crippen LogP contribution in [0.1, 0.15) is 123 Å². The van der Waals surface area contributed by atoms with Crippen molar-refractivity contribution in [3.63, 3.8) is 0 Å². The van der Waals surface area contributed by atoms with Crippen molar-refractivity contribution in [2.45, 2.75) is 147 Å². The highest BCUT2D eigenvalue weighted by molar-refractivity contribution is 5.81. The third-order valence-electron chi connectivity index (χ3n) is 9.95. The van der Waals surface area contributed by atoms with Gasteiger partial charge in [-0.15, -0.1) is 0 Å². The van der Waals surface area contributed by atoms with Crippen LogP contribution in [0.25, 0.3) is 0 Å². The van der Waals surface area contributed by atoms with Crippen LogP contribution in [0.2, 0.25) is 0 Å². The van der Waals surface area contributed by atoms with E-state index in [1.165, 1.54) is 18.9 Å². The van der Waals surface area contributed by atoms with Crippen molar-refractivity contribution < 1.29 is 38.1 Å². The minimum absolute atomic E-state index is 0.0388. The van der Waals surface area contributed by atoms with Gasteiger partial charge >= 0.3 is 17.9 Å². The molecule has 8 heteroatoms. The Morgan fingerprint density at radius 1 is 0.767 bits per heavy atom. The summed E-state index contributed by atoms with van der Waals surface area (Å²) in [5.41, 5.74) is 0. The van der Waals surface area contributed by atoms with Gasteiger partial charge in [-0.1, -0.05) is 33.3 Å². The van der Waals surface area contributed by atoms with Crippen LogP contribution in [0.4, 0.5) is 0 Å². The largest absolute Gasteiger partial charge is 0.463 e. The molecule has 0 spiro atoms. The molecule has 0 bridgehead atoms. The van der Waals surface area contributed by atoms with Crippen molar-refractivity contribution in [2.75, 3.05) is 20.3 Å². The molecule has 0 aliphatic heterocycles. The van der Waals surface area contributed by atoms with E-state index in [-0.39, 0.29) is 54.2 Å². The maximum Gasteiger partial charge on any atom is 0.330 e. The number of carbonyl (C=O) groups excluding carboxylic acids is 3. The van der Waals surface area contributed by atoms with Crippen molar-refractivity contribution in [1.82, 2.24) is 0 Å². The van der Waals surface area contributed by atoms with E-state index in [1.54, 1.807) is 7.11 Å². The van der Waals surface area contributed by atoms with Crippen LogP contribution in [0, 0.1) is 23.7 Å². The molecular weight excluding hydrogens is 548 g/mol. The Kier molecular flexibility index (Phi) is 16.1. The Morgan fingerprint density at radius 3 is 2.05 bits per heavy atom. The first-order valence-electron chi connectivity index (χ1n) is 17.2. The second-order valence-corrected chi connectivity index (χ2v) is 13.2. The zero-order chi connectivity index (χ0) is 31.0. The quantitative estimate of drug-likeness (QED) is 0.0748. The van der Waals surface area contributed by atoms with Crippen molar-refractivity contribution in [1.29, 1.82) is 0 Å². The number of ether oxygens (including phenoxy) is 5. The first-order chi connectivity index (χ1) is 20.8. The van der Waals surface area contributed by atoms with E-state index in [2.05, 4.69) is 20.4 Å². The average Bonchev–Trinajstić information content (AvgIpc) is 3.03. The van der Waals surface area contributed by atoms with Crippen LogP contribution in [-0.2, 0) is 38.1 Å². The second-order valence-electron chi connectivity index (χ2n) is 13.2. The summed E-state index contributed by atoms with van der Waals surface area (Å²) < 4.78 is 28.7. The van der Waals surface area contributed by atoms with Crippen LogP contribution >= 0.6 is 0 Å². The van der Waals surface area contributed by atoms with E-state index in [0.717, 1.165) is 88.9 Å². The molecule has 0 saturated heterocycles. The van der Waals surface area contributed by atoms with Gasteiger partial charge < -0.3 is 23.7 Å². The Balaban J connectivity index is 1.28. The molecule has 0 aromatic carbocycles. The van der Waals surface area contributed by atoms with Gasteiger partial charge in [0.2, 0.25) is 0 Å². The Bertz CT molecular complexity index is 843. The standard InChI is InChI=1S/C35H58O8/c1-5-25(3)23-26-11-16-30(17-12-26)42-35(38)28-15-20-31(32(24-28)39-4)43-34(37)27-13-18-29(19-14-27)40-21-9-7-8-10-22-41-33(36)6-2/h6,25-32H,2,5,7-24H2,1,3-4H3. The van der Waals surface area contributed by atoms with Gasteiger partial charge in [-0.3, -0.25) is 9.59 Å². The van der Waals surface area contributed by atoms with Gasteiger partial charge in [0.15, 0.2) is 0 Å². The van der Waals surface area contributed by atoms with Gasteiger partial charge in [-0.2, -0.15) is 0 Å². The molecular formula is C35H58O8. The molecule has 43 heavy (non-hydrogen) atoms. The molecule has 246 valence electrons. The van der Waals surface area contributed by atoms with Crippen LogP contribution in [0.5, 0.6) is 0 Å². The lowest BCUT2D eigenvalue weighted by Crippen LogP contribution is -2.42. The first kappa shape index (κ1) is 35.5. The van der Waals surface area contributed by atoms with E-state index in [1.807, 2.05) is 0 Å². The molecule has 3 fully saturated rings. The molecule has 4 unspecified atom stereocenters. The number of hydrogen-bond donors (Lipinski definition) is 0. The summed E-state index contributed by atoms with van der Waals surface area (Å²) in [7, 11) is 1.64. The smallest absolute Gasteiger partial charge is 0.330 e. The first-order valence-corrected chi connectivity index (χ1v) is 17.2. The van der Waals surface area contributed by atoms with Crippen LogP contribution in [0.15, 0.2) is 12.7 Å². The highest BCUT2D eigenvalue weighted by Crippen LogP contribution is 2.35. The Labute approximate surface area is 259 Å². The molecule has 0 radical (unpaired) electrons. The van der Waals surface area contributed by atoms with Crippen molar-refractivity contribution in [3.8, 4) is 0 Å². The van der Waals surface area contributed by atoms with Gasteiger partial charge in [0.05, 0.1) is 30.7 Å². The molecule has 0 aromatic heterocycles. The van der Waals surface area contributed by atoms with Crippen molar-refractivity contribution in [2.24, 2.45) is 23.7 Å². The van der Waals surface area contributed by atoms with Crippen LogP contribution < -0.4 is 0 Å². The van der Waals surface area contributed by atoms with Gasteiger partial charge in [0.25, 0.3) is 0 Å². The molecule has 4 atom stereocenters. The van der Waals surface area contributed by atoms with E-state index < -0.39 is 0 Å². The Hall–Kier alpha value is -1.93. The molecule has 3 saturated carbocycles. The number of esters is 3. The lowest BCUT2D eigenvalue weighted by atomic mass is 9.81. The summed E-state index contributed by atoms with van der Waals surface area (Å²) in [4.78, 5) is 37.1. The molecule has 0 heterocycles. The number of rotatable bonds is 17. The van der Waals surface area contributed by atoms with Crippen molar-refractivity contribution in [3.05, 3.63) is 12.7 Å². The number of carbonyl (C=O) groups is 3. The number of hydrogen-bond acceptors (Lipinski definition) is 8. The lowest BCUT2D eigenvalue weighted by Gasteiger charge is -2.36. The predicted octanol–water partition coefficient (Wildman–Crippen LogP) is 7.12. The number of unbranched alkanes of at least 4 members (excludes halogenated alkanes) is 3. The van der Waals surface area contributed by atoms with E-state index >= 15 is 0 Å². The SMILES string of the molecule is C=CC(=O)OCCCCCCOC1CCC(C(=O)OC2CCC(C(=O)OC3CCC(CC(C)CC)CC3)CC2OC)CC1. The average molecular weight is 607 g/mol. The topological polar surface area (TPSA) is 97.4 Å². The molecule has 3 rings (SSSR count). The predicted molar refractivity (Wildman–Crippen MR) is 165 cm³/mol. The fourth-order valence-corrected chi connectivity index (χ4v) is 6.93. The maximum atomic E-state index is 13.0. The summed E-state index contributed by atoms with van der Waals surface area (Å²) >= 11 is 0. The molecule has 0 aromatic rings. The third kappa shape index (κ3) is 12.5. The molecule has 3 aliphatic carbocycles. The summed E-state index contributed by atoms with van der Waals surface area (Å²) in [6.45, 7) is 9.12. The highest BCUT2D eigenvalue weighted by atomic mass is 16.6. The summed E-state index contributed by atoms with van der Waals surface area (Å²) in [6, 6.07) is 0. The minimum atomic E-state index is -0.370. The molecule has 3 aliphatic rings. The molecule has 0 N–H and O–H groups in total. The van der Waals surface area contributed by atoms with Gasteiger partial charge in [0.1, 0.15) is 12.2 Å². The van der Waals surface area contributed by atoms with Crippen molar-refractivity contribution >= 4 is 17.9 Å². The summed E-state index contributed by atoms with van der Waals surface area (Å²) in [6.07, 6.45) is 16.5. The zero-order valence-corrected chi connectivity index (χ0v) is 27.1. The van der Waals surface area contributed by atoms with E-state index in [9.17, 15) is 14.4 Å². The van der Waals surface area contributed by atoms with Gasteiger partial charge in [-0.25, -0.2) is 4.79 Å². The molecule has 0 amide bonds. The summed E-state index contributed by atoms with van der Waals surface area (Å²) in [5.74, 6) is 0.617. The lowest BCUT2D eigenvalue weighted by molar-refractivity contribution is -0.172. The minimum Gasteiger partial charge on any atom is -0.463 e. The fourth-order valence-electron chi connectivity index (χ4n) is 6.93. The van der Waals surface area contributed by atoms with Crippen LogP contribution in [-0.4, -0.2) is 62.6 Å².